The zero-order chi connectivity index (χ0) is 15.6. The van der Waals surface area contributed by atoms with Crippen LogP contribution in [0.4, 0.5) is 11.4 Å². The van der Waals surface area contributed by atoms with Crippen molar-refractivity contribution in [3.05, 3.63) is 33.9 Å². The predicted octanol–water partition coefficient (Wildman–Crippen LogP) is 1.35. The molecule has 0 aliphatic carbocycles. The standard InChI is InChI=1S/C14H19N3O4/c1-9(18)10-4-5-12(13(7-10)17(20)21)16-6-2-3-11(8-16)14(15)19/h4-5,7,9,11,18H,2-3,6,8H2,1H3,(H2,15,19). The SMILES string of the molecule is CC(O)c1ccc(N2CCCC(C(N)=O)C2)c([N+](=O)[O-])c1. The van der Waals surface area contributed by atoms with Gasteiger partial charge in [0.1, 0.15) is 5.69 Å². The fourth-order valence-corrected chi connectivity index (χ4v) is 2.64. The lowest BCUT2D eigenvalue weighted by atomic mass is 9.96. The van der Waals surface area contributed by atoms with E-state index in [9.17, 15) is 20.0 Å². The van der Waals surface area contributed by atoms with Gasteiger partial charge < -0.3 is 15.7 Å². The van der Waals surface area contributed by atoms with Gasteiger partial charge in [0.05, 0.1) is 16.9 Å². The van der Waals surface area contributed by atoms with Gasteiger partial charge in [-0.2, -0.15) is 0 Å². The molecule has 0 aromatic heterocycles. The Morgan fingerprint density at radius 2 is 2.29 bits per heavy atom. The van der Waals surface area contributed by atoms with E-state index in [4.69, 9.17) is 5.73 Å². The first-order valence-corrected chi connectivity index (χ1v) is 6.91. The number of hydrogen-bond acceptors (Lipinski definition) is 5. The van der Waals surface area contributed by atoms with Crippen LogP contribution in [0.25, 0.3) is 0 Å². The summed E-state index contributed by atoms with van der Waals surface area (Å²) in [7, 11) is 0. The molecule has 1 aromatic carbocycles. The molecule has 7 heteroatoms. The third kappa shape index (κ3) is 3.30. The van der Waals surface area contributed by atoms with Gasteiger partial charge in [-0.25, -0.2) is 0 Å². The van der Waals surface area contributed by atoms with Crippen molar-refractivity contribution < 1.29 is 14.8 Å². The van der Waals surface area contributed by atoms with Crippen molar-refractivity contribution in [2.45, 2.75) is 25.9 Å². The normalized spacial score (nSPS) is 20.1. The van der Waals surface area contributed by atoms with Crippen LogP contribution in [0.5, 0.6) is 0 Å². The maximum absolute atomic E-state index is 11.3. The molecule has 1 aromatic rings. The molecule has 0 radical (unpaired) electrons. The molecule has 2 rings (SSSR count). The number of aliphatic hydroxyl groups is 1. The highest BCUT2D eigenvalue weighted by Gasteiger charge is 2.28. The number of nitrogens with two attached hydrogens (primary N) is 1. The summed E-state index contributed by atoms with van der Waals surface area (Å²) in [5, 5.41) is 20.8. The van der Waals surface area contributed by atoms with Crippen LogP contribution < -0.4 is 10.6 Å². The number of carbonyl (C=O) groups excluding carboxylic acids is 1. The van der Waals surface area contributed by atoms with Gasteiger partial charge in [-0.15, -0.1) is 0 Å². The maximum atomic E-state index is 11.3. The number of anilines is 1. The van der Waals surface area contributed by atoms with Crippen LogP contribution >= 0.6 is 0 Å². The van der Waals surface area contributed by atoms with Gasteiger partial charge >= 0.3 is 0 Å². The van der Waals surface area contributed by atoms with Gasteiger partial charge in [-0.3, -0.25) is 14.9 Å². The molecule has 1 heterocycles. The van der Waals surface area contributed by atoms with E-state index in [-0.39, 0.29) is 17.5 Å². The summed E-state index contributed by atoms with van der Waals surface area (Å²) in [5.41, 5.74) is 6.24. The summed E-state index contributed by atoms with van der Waals surface area (Å²) in [6, 6.07) is 4.68. The summed E-state index contributed by atoms with van der Waals surface area (Å²) in [6.45, 7) is 2.60. The largest absolute Gasteiger partial charge is 0.389 e. The van der Waals surface area contributed by atoms with E-state index in [0.29, 0.717) is 30.8 Å². The second-order valence-corrected chi connectivity index (χ2v) is 5.37. The van der Waals surface area contributed by atoms with E-state index in [1.54, 1.807) is 19.1 Å². The van der Waals surface area contributed by atoms with Gasteiger partial charge in [-0.1, -0.05) is 6.07 Å². The third-order valence-corrected chi connectivity index (χ3v) is 3.84. The molecule has 114 valence electrons. The van der Waals surface area contributed by atoms with Crippen molar-refractivity contribution in [1.82, 2.24) is 0 Å². The number of nitro benzene ring substituents is 1. The Hall–Kier alpha value is -2.15. The predicted molar refractivity (Wildman–Crippen MR) is 77.9 cm³/mol. The van der Waals surface area contributed by atoms with Crippen molar-refractivity contribution in [3.63, 3.8) is 0 Å². The van der Waals surface area contributed by atoms with Gasteiger partial charge in [0.25, 0.3) is 5.69 Å². The number of aliphatic hydroxyl groups excluding tert-OH is 1. The molecule has 1 saturated heterocycles. The Labute approximate surface area is 122 Å². The molecule has 2 unspecified atom stereocenters. The van der Waals surface area contributed by atoms with Crippen molar-refractivity contribution >= 4 is 17.3 Å². The van der Waals surface area contributed by atoms with Crippen LogP contribution in [-0.2, 0) is 4.79 Å². The first kappa shape index (κ1) is 15.2. The summed E-state index contributed by atoms with van der Waals surface area (Å²) in [5.74, 6) is -0.655. The smallest absolute Gasteiger partial charge is 0.292 e. The van der Waals surface area contributed by atoms with E-state index in [1.807, 2.05) is 4.90 Å². The van der Waals surface area contributed by atoms with E-state index >= 15 is 0 Å². The second kappa shape index (κ2) is 6.09. The van der Waals surface area contributed by atoms with Gasteiger partial charge in [0.2, 0.25) is 5.91 Å². The van der Waals surface area contributed by atoms with Crippen molar-refractivity contribution in [3.8, 4) is 0 Å². The molecule has 2 atom stereocenters. The molecule has 1 amide bonds. The Bertz CT molecular complexity index is 559. The first-order chi connectivity index (χ1) is 9.90. The fourth-order valence-electron chi connectivity index (χ4n) is 2.64. The second-order valence-electron chi connectivity index (χ2n) is 5.37. The highest BCUT2D eigenvalue weighted by Crippen LogP contribution is 2.33. The lowest BCUT2D eigenvalue weighted by Gasteiger charge is -2.32. The number of rotatable bonds is 4. The molecule has 0 spiro atoms. The maximum Gasteiger partial charge on any atom is 0.292 e. The highest BCUT2D eigenvalue weighted by molar-refractivity contribution is 5.78. The average molecular weight is 293 g/mol. The fraction of sp³-hybridized carbons (Fsp3) is 0.500. The van der Waals surface area contributed by atoms with Crippen molar-refractivity contribution in [2.75, 3.05) is 18.0 Å². The number of nitro groups is 1. The summed E-state index contributed by atoms with van der Waals surface area (Å²) in [6.07, 6.45) is 0.714. The lowest BCUT2D eigenvalue weighted by Crippen LogP contribution is -2.41. The summed E-state index contributed by atoms with van der Waals surface area (Å²) >= 11 is 0. The average Bonchev–Trinajstić information content (AvgIpc) is 2.46. The number of primary amides is 1. The van der Waals surface area contributed by atoms with Crippen molar-refractivity contribution in [1.29, 1.82) is 0 Å². The van der Waals surface area contributed by atoms with E-state index in [0.717, 1.165) is 6.42 Å². The third-order valence-electron chi connectivity index (χ3n) is 3.84. The van der Waals surface area contributed by atoms with Gasteiger partial charge in [0.15, 0.2) is 0 Å². The van der Waals surface area contributed by atoms with Crippen LogP contribution in [0.2, 0.25) is 0 Å². The molecular formula is C14H19N3O4. The molecule has 0 bridgehead atoms. The topological polar surface area (TPSA) is 110 Å². The minimum atomic E-state index is -0.766. The minimum Gasteiger partial charge on any atom is -0.389 e. The lowest BCUT2D eigenvalue weighted by molar-refractivity contribution is -0.384. The van der Waals surface area contributed by atoms with E-state index in [2.05, 4.69) is 0 Å². The molecule has 7 nitrogen and oxygen atoms in total. The zero-order valence-corrected chi connectivity index (χ0v) is 11.9. The molecule has 1 fully saturated rings. The highest BCUT2D eigenvalue weighted by atomic mass is 16.6. The van der Waals surface area contributed by atoms with E-state index in [1.165, 1.54) is 6.07 Å². The number of piperidine rings is 1. The molecule has 1 aliphatic rings. The monoisotopic (exact) mass is 293 g/mol. The Morgan fingerprint density at radius 1 is 1.57 bits per heavy atom. The molecule has 3 N–H and O–H groups in total. The molecule has 0 saturated carbocycles. The van der Waals surface area contributed by atoms with Crippen LogP contribution in [0.15, 0.2) is 18.2 Å². The number of hydrogen-bond donors (Lipinski definition) is 2. The van der Waals surface area contributed by atoms with Crippen LogP contribution in [-0.4, -0.2) is 29.0 Å². The van der Waals surface area contributed by atoms with E-state index < -0.39 is 11.0 Å². The number of nitrogens with zero attached hydrogens (tertiary/aromatic N) is 2. The van der Waals surface area contributed by atoms with Crippen molar-refractivity contribution in [2.24, 2.45) is 11.7 Å². The Morgan fingerprint density at radius 3 is 2.86 bits per heavy atom. The molecule has 1 aliphatic heterocycles. The van der Waals surface area contributed by atoms with Crippen LogP contribution in [0.3, 0.4) is 0 Å². The number of benzene rings is 1. The minimum absolute atomic E-state index is 0.0569. The Kier molecular flexibility index (Phi) is 4.42. The Balaban J connectivity index is 2.34. The number of amides is 1. The number of carbonyl (C=O) groups is 1. The van der Waals surface area contributed by atoms with Crippen LogP contribution in [0.1, 0.15) is 31.4 Å². The molecular weight excluding hydrogens is 274 g/mol. The quantitative estimate of drug-likeness (QED) is 0.643. The zero-order valence-electron chi connectivity index (χ0n) is 11.9. The van der Waals surface area contributed by atoms with Gasteiger partial charge in [0, 0.05) is 19.2 Å². The summed E-state index contributed by atoms with van der Waals surface area (Å²) < 4.78 is 0. The first-order valence-electron chi connectivity index (χ1n) is 6.91. The molecule has 21 heavy (non-hydrogen) atoms. The summed E-state index contributed by atoms with van der Waals surface area (Å²) in [4.78, 5) is 23.9. The van der Waals surface area contributed by atoms with Gasteiger partial charge in [-0.05, 0) is 31.4 Å². The van der Waals surface area contributed by atoms with Crippen LogP contribution in [0, 0.1) is 16.0 Å².